The van der Waals surface area contributed by atoms with Crippen molar-refractivity contribution in [3.8, 4) is 17.2 Å². The summed E-state index contributed by atoms with van der Waals surface area (Å²) >= 11 is 0. The van der Waals surface area contributed by atoms with Crippen molar-refractivity contribution in [1.82, 2.24) is 5.32 Å². The van der Waals surface area contributed by atoms with Gasteiger partial charge in [-0.1, -0.05) is 24.3 Å². The summed E-state index contributed by atoms with van der Waals surface area (Å²) in [7, 11) is 1.57. The first-order chi connectivity index (χ1) is 12.6. The van der Waals surface area contributed by atoms with Gasteiger partial charge in [-0.25, -0.2) is 0 Å². The monoisotopic (exact) mass is 357 g/mol. The Morgan fingerprint density at radius 2 is 1.85 bits per heavy atom. The van der Waals surface area contributed by atoms with Gasteiger partial charge in [-0.05, 0) is 56.5 Å². The Balaban J connectivity index is 1.69. The summed E-state index contributed by atoms with van der Waals surface area (Å²) in [5, 5.41) is 2.87. The number of carbonyl (C=O) groups excluding carboxylic acids is 1. The first-order valence-corrected chi connectivity index (χ1v) is 8.86. The van der Waals surface area contributed by atoms with Crippen LogP contribution in [0.4, 0.5) is 0 Å². The lowest BCUT2D eigenvalue weighted by Gasteiger charge is -2.11. The average molecular weight is 357 g/mol. The van der Waals surface area contributed by atoms with Gasteiger partial charge in [-0.15, -0.1) is 0 Å². The maximum absolute atomic E-state index is 11.9. The molecule has 26 heavy (non-hydrogen) atoms. The fourth-order valence-corrected chi connectivity index (χ4v) is 2.50. The minimum Gasteiger partial charge on any atom is -0.493 e. The number of ether oxygens (including phenoxy) is 3. The number of rotatable bonds is 10. The molecule has 0 fully saturated rings. The van der Waals surface area contributed by atoms with Crippen LogP contribution in [0.15, 0.2) is 48.5 Å². The zero-order chi connectivity index (χ0) is 18.8. The van der Waals surface area contributed by atoms with Crippen molar-refractivity contribution in [3.63, 3.8) is 0 Å². The molecule has 0 aromatic heterocycles. The van der Waals surface area contributed by atoms with E-state index in [4.69, 9.17) is 14.2 Å². The van der Waals surface area contributed by atoms with Gasteiger partial charge in [-0.3, -0.25) is 4.79 Å². The van der Waals surface area contributed by atoms with Crippen LogP contribution in [0.2, 0.25) is 0 Å². The van der Waals surface area contributed by atoms with E-state index in [1.54, 1.807) is 19.2 Å². The van der Waals surface area contributed by atoms with E-state index in [0.29, 0.717) is 18.0 Å². The molecular formula is C21H27NO4. The molecule has 0 aliphatic carbocycles. The highest BCUT2D eigenvalue weighted by atomic mass is 16.5. The zero-order valence-corrected chi connectivity index (χ0v) is 15.7. The molecule has 5 heteroatoms. The Kier molecular flexibility index (Phi) is 7.80. The highest BCUT2D eigenvalue weighted by Crippen LogP contribution is 2.25. The number of para-hydroxylation sites is 2. The normalized spacial score (nSPS) is 10.5. The summed E-state index contributed by atoms with van der Waals surface area (Å²) in [6.45, 7) is 4.59. The molecule has 1 N–H and O–H groups in total. The van der Waals surface area contributed by atoms with Gasteiger partial charge in [0.15, 0.2) is 18.1 Å². The molecule has 2 aromatic carbocycles. The van der Waals surface area contributed by atoms with Gasteiger partial charge >= 0.3 is 0 Å². The lowest BCUT2D eigenvalue weighted by atomic mass is 10.1. The van der Waals surface area contributed by atoms with E-state index in [1.807, 2.05) is 44.2 Å². The van der Waals surface area contributed by atoms with Gasteiger partial charge in [0.2, 0.25) is 0 Å². The fourth-order valence-electron chi connectivity index (χ4n) is 2.50. The Morgan fingerprint density at radius 1 is 1.08 bits per heavy atom. The van der Waals surface area contributed by atoms with Crippen LogP contribution in [0.1, 0.15) is 25.8 Å². The van der Waals surface area contributed by atoms with Crippen LogP contribution in [0.3, 0.4) is 0 Å². The largest absolute Gasteiger partial charge is 0.493 e. The van der Waals surface area contributed by atoms with Crippen molar-refractivity contribution in [3.05, 3.63) is 54.1 Å². The molecule has 0 aliphatic rings. The van der Waals surface area contributed by atoms with Gasteiger partial charge in [0.1, 0.15) is 5.75 Å². The van der Waals surface area contributed by atoms with Crippen LogP contribution in [-0.4, -0.2) is 32.3 Å². The second kappa shape index (κ2) is 10.3. The third-order valence-electron chi connectivity index (χ3n) is 3.66. The quantitative estimate of drug-likeness (QED) is 0.660. The number of amides is 1. The van der Waals surface area contributed by atoms with Gasteiger partial charge in [0, 0.05) is 6.54 Å². The van der Waals surface area contributed by atoms with Crippen LogP contribution in [0, 0.1) is 0 Å². The Labute approximate surface area is 155 Å². The molecule has 1 amide bonds. The molecule has 5 nitrogen and oxygen atoms in total. The van der Waals surface area contributed by atoms with Crippen LogP contribution in [-0.2, 0) is 11.2 Å². The molecule has 2 rings (SSSR count). The lowest BCUT2D eigenvalue weighted by molar-refractivity contribution is -0.123. The van der Waals surface area contributed by atoms with E-state index < -0.39 is 0 Å². The zero-order valence-electron chi connectivity index (χ0n) is 15.7. The molecule has 140 valence electrons. The summed E-state index contributed by atoms with van der Waals surface area (Å²) in [5.74, 6) is 1.91. The van der Waals surface area contributed by atoms with Gasteiger partial charge in [0.05, 0.1) is 13.2 Å². The number of aryl methyl sites for hydroxylation is 1. The molecule has 0 spiro atoms. The van der Waals surface area contributed by atoms with E-state index in [-0.39, 0.29) is 18.6 Å². The SMILES string of the molecule is COc1ccccc1OCC(=O)NCCCc1cccc(OC(C)C)c1. The Hall–Kier alpha value is -2.69. The van der Waals surface area contributed by atoms with E-state index in [2.05, 4.69) is 11.4 Å². The van der Waals surface area contributed by atoms with Gasteiger partial charge in [-0.2, -0.15) is 0 Å². The van der Waals surface area contributed by atoms with Gasteiger partial charge < -0.3 is 19.5 Å². The summed E-state index contributed by atoms with van der Waals surface area (Å²) in [6.07, 6.45) is 1.89. The minimum absolute atomic E-state index is 0.0297. The van der Waals surface area contributed by atoms with E-state index in [0.717, 1.165) is 18.6 Å². The number of nitrogens with one attached hydrogen (secondary N) is 1. The number of benzene rings is 2. The first-order valence-electron chi connectivity index (χ1n) is 8.86. The standard InChI is InChI=1S/C21H27NO4/c1-16(2)26-18-10-6-8-17(14-18)9-7-13-22-21(23)15-25-20-12-5-4-11-19(20)24-3/h4-6,8,10-12,14,16H,7,9,13,15H2,1-3H3,(H,22,23). The molecule has 0 saturated carbocycles. The molecule has 0 atom stereocenters. The molecule has 0 radical (unpaired) electrons. The Morgan fingerprint density at radius 3 is 2.58 bits per heavy atom. The van der Waals surface area contributed by atoms with Crippen molar-refractivity contribution < 1.29 is 19.0 Å². The molecule has 0 saturated heterocycles. The van der Waals surface area contributed by atoms with Crippen molar-refractivity contribution in [2.24, 2.45) is 0 Å². The number of carbonyl (C=O) groups is 1. The fraction of sp³-hybridized carbons (Fsp3) is 0.381. The Bertz CT molecular complexity index is 700. The average Bonchev–Trinajstić information content (AvgIpc) is 2.63. The predicted octanol–water partition coefficient (Wildman–Crippen LogP) is 3.61. The number of hydrogen-bond donors (Lipinski definition) is 1. The number of hydrogen-bond acceptors (Lipinski definition) is 4. The van der Waals surface area contributed by atoms with Crippen LogP contribution >= 0.6 is 0 Å². The smallest absolute Gasteiger partial charge is 0.257 e. The molecule has 0 bridgehead atoms. The maximum Gasteiger partial charge on any atom is 0.257 e. The van der Waals surface area contributed by atoms with Crippen LogP contribution < -0.4 is 19.5 Å². The summed E-state index contributed by atoms with van der Waals surface area (Å²) < 4.78 is 16.4. The van der Waals surface area contributed by atoms with E-state index in [9.17, 15) is 4.79 Å². The molecular weight excluding hydrogens is 330 g/mol. The topological polar surface area (TPSA) is 56.8 Å². The highest BCUT2D eigenvalue weighted by molar-refractivity contribution is 5.77. The first kappa shape index (κ1) is 19.6. The van der Waals surface area contributed by atoms with Crippen LogP contribution in [0.25, 0.3) is 0 Å². The minimum atomic E-state index is -0.146. The van der Waals surface area contributed by atoms with Gasteiger partial charge in [0.25, 0.3) is 5.91 Å². The third kappa shape index (κ3) is 6.67. The summed E-state index contributed by atoms with van der Waals surface area (Å²) in [6, 6.07) is 15.3. The van der Waals surface area contributed by atoms with E-state index >= 15 is 0 Å². The lowest BCUT2D eigenvalue weighted by Crippen LogP contribution is -2.30. The predicted molar refractivity (Wildman–Crippen MR) is 102 cm³/mol. The van der Waals surface area contributed by atoms with Crippen molar-refractivity contribution in [2.75, 3.05) is 20.3 Å². The van der Waals surface area contributed by atoms with Crippen molar-refractivity contribution >= 4 is 5.91 Å². The summed E-state index contributed by atoms with van der Waals surface area (Å²) in [4.78, 5) is 11.9. The highest BCUT2D eigenvalue weighted by Gasteiger charge is 2.06. The number of methoxy groups -OCH3 is 1. The maximum atomic E-state index is 11.9. The van der Waals surface area contributed by atoms with E-state index in [1.165, 1.54) is 5.56 Å². The van der Waals surface area contributed by atoms with Crippen molar-refractivity contribution in [1.29, 1.82) is 0 Å². The van der Waals surface area contributed by atoms with Crippen molar-refractivity contribution in [2.45, 2.75) is 32.8 Å². The molecule has 0 unspecified atom stereocenters. The molecule has 0 aliphatic heterocycles. The third-order valence-corrected chi connectivity index (χ3v) is 3.66. The molecule has 2 aromatic rings. The second-order valence-electron chi connectivity index (χ2n) is 6.21. The molecule has 0 heterocycles. The van der Waals surface area contributed by atoms with Crippen LogP contribution in [0.5, 0.6) is 17.2 Å². The summed E-state index contributed by atoms with van der Waals surface area (Å²) in [5.41, 5.74) is 1.20. The second-order valence-corrected chi connectivity index (χ2v) is 6.21.